The molecule has 1 atom stereocenters. The first-order chi connectivity index (χ1) is 13.1. The number of carbonyl (C=O) groups is 1. The topological polar surface area (TPSA) is 79.9 Å². The molecule has 0 spiro atoms. The number of hydrogen-bond acceptors (Lipinski definition) is 4. The molecule has 1 heterocycles. The number of aromatic amines is 1. The maximum absolute atomic E-state index is 12.3. The lowest BCUT2D eigenvalue weighted by Gasteiger charge is -2.15. The molecule has 140 valence electrons. The molecule has 0 radical (unpaired) electrons. The summed E-state index contributed by atoms with van der Waals surface area (Å²) >= 11 is 0. The smallest absolute Gasteiger partial charge is 0.262 e. The van der Waals surface area contributed by atoms with Gasteiger partial charge in [0.25, 0.3) is 5.91 Å². The van der Waals surface area contributed by atoms with Crippen LogP contribution in [0.5, 0.6) is 5.75 Å². The van der Waals surface area contributed by atoms with Crippen molar-refractivity contribution < 1.29 is 9.53 Å². The lowest BCUT2D eigenvalue weighted by molar-refractivity contribution is -0.118. The number of aromatic nitrogens is 3. The number of anilines is 1. The van der Waals surface area contributed by atoms with Crippen LogP contribution < -0.4 is 10.1 Å². The maximum Gasteiger partial charge on any atom is 0.262 e. The molecular weight excluding hydrogens is 340 g/mol. The molecule has 0 aliphatic carbocycles. The molecule has 0 bridgehead atoms. The number of benzene rings is 2. The number of H-pyrrole nitrogens is 1. The molecule has 1 amide bonds. The van der Waals surface area contributed by atoms with Crippen LogP contribution in [-0.4, -0.2) is 27.7 Å². The Kier molecular flexibility index (Phi) is 5.86. The van der Waals surface area contributed by atoms with Gasteiger partial charge >= 0.3 is 0 Å². The first kappa shape index (κ1) is 18.6. The third kappa shape index (κ3) is 4.73. The van der Waals surface area contributed by atoms with Crippen molar-refractivity contribution in [1.29, 1.82) is 0 Å². The average molecular weight is 364 g/mol. The lowest BCUT2D eigenvalue weighted by Crippen LogP contribution is -2.20. The van der Waals surface area contributed by atoms with E-state index in [-0.39, 0.29) is 12.5 Å². The van der Waals surface area contributed by atoms with Gasteiger partial charge in [0.15, 0.2) is 12.4 Å². The van der Waals surface area contributed by atoms with Crippen molar-refractivity contribution in [2.45, 2.75) is 33.1 Å². The van der Waals surface area contributed by atoms with Crippen molar-refractivity contribution in [2.75, 3.05) is 11.9 Å². The van der Waals surface area contributed by atoms with E-state index >= 15 is 0 Å². The molecular formula is C21H24N4O2. The number of nitrogens with one attached hydrogen (secondary N) is 2. The van der Waals surface area contributed by atoms with Crippen molar-refractivity contribution in [3.8, 4) is 17.1 Å². The third-order valence-corrected chi connectivity index (χ3v) is 4.42. The van der Waals surface area contributed by atoms with E-state index in [0.717, 1.165) is 29.1 Å². The minimum Gasteiger partial charge on any atom is -0.483 e. The Bertz CT molecular complexity index is 920. The highest BCUT2D eigenvalue weighted by Crippen LogP contribution is 2.28. The monoisotopic (exact) mass is 364 g/mol. The van der Waals surface area contributed by atoms with Crippen molar-refractivity contribution in [2.24, 2.45) is 0 Å². The first-order valence-corrected chi connectivity index (χ1v) is 9.08. The summed E-state index contributed by atoms with van der Waals surface area (Å²) in [6.45, 7) is 6.09. The van der Waals surface area contributed by atoms with Crippen LogP contribution in [-0.2, 0) is 4.79 Å². The van der Waals surface area contributed by atoms with E-state index < -0.39 is 0 Å². The fourth-order valence-electron chi connectivity index (χ4n) is 2.79. The van der Waals surface area contributed by atoms with E-state index in [2.05, 4.69) is 34.3 Å². The maximum atomic E-state index is 12.3. The molecule has 1 unspecified atom stereocenters. The van der Waals surface area contributed by atoms with Gasteiger partial charge in [-0.3, -0.25) is 9.89 Å². The van der Waals surface area contributed by atoms with Gasteiger partial charge in [0.05, 0.1) is 0 Å². The molecule has 0 saturated heterocycles. The van der Waals surface area contributed by atoms with E-state index in [1.165, 1.54) is 0 Å². The zero-order valence-corrected chi connectivity index (χ0v) is 15.8. The standard InChI is InChI=1S/C21H24N4O2/c1-4-14(2)18-10-5-6-11-19(18)27-13-20(26)23-17-9-7-8-16(12-17)21-22-15(3)24-25-21/h5-12,14H,4,13H2,1-3H3,(H,23,26)(H,22,24,25). The van der Waals surface area contributed by atoms with E-state index in [4.69, 9.17) is 4.74 Å². The molecule has 27 heavy (non-hydrogen) atoms. The lowest BCUT2D eigenvalue weighted by atomic mass is 9.98. The van der Waals surface area contributed by atoms with E-state index in [9.17, 15) is 4.79 Å². The van der Waals surface area contributed by atoms with Crippen molar-refractivity contribution in [1.82, 2.24) is 15.2 Å². The van der Waals surface area contributed by atoms with E-state index in [0.29, 0.717) is 17.4 Å². The largest absolute Gasteiger partial charge is 0.483 e. The predicted octanol–water partition coefficient (Wildman–Crippen LogP) is 4.31. The number of para-hydroxylation sites is 1. The van der Waals surface area contributed by atoms with Gasteiger partial charge < -0.3 is 10.1 Å². The fourth-order valence-corrected chi connectivity index (χ4v) is 2.79. The summed E-state index contributed by atoms with van der Waals surface area (Å²) in [5.41, 5.74) is 2.63. The summed E-state index contributed by atoms with van der Waals surface area (Å²) in [5.74, 6) is 2.27. The minimum absolute atomic E-state index is 0.0442. The molecule has 0 fully saturated rings. The van der Waals surface area contributed by atoms with Crippen LogP contribution >= 0.6 is 0 Å². The fraction of sp³-hybridized carbons (Fsp3) is 0.286. The van der Waals surface area contributed by atoms with Gasteiger partial charge in [-0.1, -0.05) is 44.2 Å². The molecule has 0 saturated carbocycles. The number of rotatable bonds is 7. The Hall–Kier alpha value is -3.15. The second-order valence-electron chi connectivity index (χ2n) is 6.51. The quantitative estimate of drug-likeness (QED) is 0.655. The van der Waals surface area contributed by atoms with E-state index in [1.54, 1.807) is 0 Å². The zero-order chi connectivity index (χ0) is 19.2. The van der Waals surface area contributed by atoms with Crippen molar-refractivity contribution in [3.63, 3.8) is 0 Å². The van der Waals surface area contributed by atoms with Crippen LogP contribution in [0.3, 0.4) is 0 Å². The molecule has 0 aliphatic heterocycles. The summed E-state index contributed by atoms with van der Waals surface area (Å²) in [5, 5.41) is 9.82. The van der Waals surface area contributed by atoms with Crippen LogP contribution in [0, 0.1) is 6.92 Å². The van der Waals surface area contributed by atoms with Crippen molar-refractivity contribution in [3.05, 3.63) is 59.9 Å². The normalized spacial score (nSPS) is 11.8. The van der Waals surface area contributed by atoms with Crippen LogP contribution in [0.2, 0.25) is 0 Å². The Morgan fingerprint density at radius 1 is 1.22 bits per heavy atom. The first-order valence-electron chi connectivity index (χ1n) is 9.08. The van der Waals surface area contributed by atoms with Gasteiger partial charge in [-0.25, -0.2) is 4.98 Å². The number of hydrogen-bond donors (Lipinski definition) is 2. The van der Waals surface area contributed by atoms with Gasteiger partial charge in [0.1, 0.15) is 11.6 Å². The summed E-state index contributed by atoms with van der Waals surface area (Å²) in [7, 11) is 0. The van der Waals surface area contributed by atoms with Crippen LogP contribution in [0.15, 0.2) is 48.5 Å². The number of aryl methyl sites for hydroxylation is 1. The molecule has 2 aromatic carbocycles. The summed E-state index contributed by atoms with van der Waals surface area (Å²) < 4.78 is 5.77. The van der Waals surface area contributed by atoms with E-state index in [1.807, 2.05) is 55.5 Å². The summed E-state index contributed by atoms with van der Waals surface area (Å²) in [6.07, 6.45) is 1.01. The van der Waals surface area contributed by atoms with Gasteiger partial charge in [0.2, 0.25) is 0 Å². The highest BCUT2D eigenvalue weighted by molar-refractivity contribution is 5.92. The molecule has 0 aliphatic rings. The highest BCUT2D eigenvalue weighted by Gasteiger charge is 2.12. The van der Waals surface area contributed by atoms with Gasteiger partial charge in [0, 0.05) is 11.3 Å². The Morgan fingerprint density at radius 3 is 2.78 bits per heavy atom. The van der Waals surface area contributed by atoms with Crippen LogP contribution in [0.25, 0.3) is 11.4 Å². The zero-order valence-electron chi connectivity index (χ0n) is 15.8. The molecule has 3 aromatic rings. The SMILES string of the molecule is CCC(C)c1ccccc1OCC(=O)Nc1cccc(-c2n[nH]c(C)n2)c1. The highest BCUT2D eigenvalue weighted by atomic mass is 16.5. The van der Waals surface area contributed by atoms with Gasteiger partial charge in [-0.05, 0) is 43.0 Å². The summed E-state index contributed by atoms with van der Waals surface area (Å²) in [4.78, 5) is 16.6. The Morgan fingerprint density at radius 2 is 2.04 bits per heavy atom. The van der Waals surface area contributed by atoms with Crippen LogP contribution in [0.1, 0.15) is 37.6 Å². The number of nitrogens with zero attached hydrogens (tertiary/aromatic N) is 2. The van der Waals surface area contributed by atoms with Gasteiger partial charge in [-0.2, -0.15) is 5.10 Å². The number of ether oxygens (including phenoxy) is 1. The second-order valence-corrected chi connectivity index (χ2v) is 6.51. The third-order valence-electron chi connectivity index (χ3n) is 4.42. The van der Waals surface area contributed by atoms with Gasteiger partial charge in [-0.15, -0.1) is 0 Å². The molecule has 1 aromatic heterocycles. The number of amides is 1. The molecule has 2 N–H and O–H groups in total. The van der Waals surface area contributed by atoms with Crippen LogP contribution in [0.4, 0.5) is 5.69 Å². The Labute approximate surface area is 159 Å². The average Bonchev–Trinajstić information content (AvgIpc) is 3.12. The summed E-state index contributed by atoms with van der Waals surface area (Å²) in [6, 6.07) is 15.3. The minimum atomic E-state index is -0.211. The molecule has 6 nitrogen and oxygen atoms in total. The second kappa shape index (κ2) is 8.49. The van der Waals surface area contributed by atoms with Crippen molar-refractivity contribution >= 4 is 11.6 Å². The number of carbonyl (C=O) groups excluding carboxylic acids is 1. The Balaban J connectivity index is 1.64. The molecule has 3 rings (SSSR count). The molecule has 6 heteroatoms. The predicted molar refractivity (Wildman–Crippen MR) is 106 cm³/mol.